The van der Waals surface area contributed by atoms with Gasteiger partial charge in [-0.3, -0.25) is 0 Å². The second-order valence-corrected chi connectivity index (χ2v) is 4.34. The summed E-state index contributed by atoms with van der Waals surface area (Å²) in [6.45, 7) is -1.08. The molecule has 0 aliphatic rings. The molecule has 0 amide bonds. The number of rotatable bonds is 1. The van der Waals surface area contributed by atoms with E-state index in [-0.39, 0.29) is 11.5 Å². The molecule has 0 aromatic carbocycles. The minimum absolute atomic E-state index is 0.190. The van der Waals surface area contributed by atoms with Gasteiger partial charge in [0.1, 0.15) is 24.3 Å². The van der Waals surface area contributed by atoms with Crippen LogP contribution in [0, 0.1) is 3.57 Å². The molecule has 16 heavy (non-hydrogen) atoms. The lowest BCUT2D eigenvalue weighted by Crippen LogP contribution is -2.17. The van der Waals surface area contributed by atoms with Gasteiger partial charge >= 0.3 is 6.18 Å². The van der Waals surface area contributed by atoms with Crippen LogP contribution in [0.3, 0.4) is 0 Å². The van der Waals surface area contributed by atoms with Crippen molar-refractivity contribution >= 4 is 39.4 Å². The molecule has 2 aromatic heterocycles. The molecule has 0 saturated heterocycles. The first-order valence-corrected chi connectivity index (χ1v) is 5.28. The van der Waals surface area contributed by atoms with Crippen molar-refractivity contribution in [3.8, 4) is 0 Å². The maximum Gasteiger partial charge on any atom is 0.406 e. The molecule has 4 nitrogen and oxygen atoms in total. The summed E-state index contributed by atoms with van der Waals surface area (Å²) in [6.07, 6.45) is -1.76. The average molecular weight is 342 g/mol. The molecule has 0 bridgehead atoms. The predicted octanol–water partition coefficient (Wildman–Crippen LogP) is 2.18. The highest BCUT2D eigenvalue weighted by atomic mass is 127. The van der Waals surface area contributed by atoms with Crippen molar-refractivity contribution in [1.82, 2.24) is 14.5 Å². The molecule has 0 aliphatic heterocycles. The number of anilines is 1. The van der Waals surface area contributed by atoms with E-state index in [2.05, 4.69) is 9.97 Å². The lowest BCUT2D eigenvalue weighted by Gasteiger charge is -2.07. The van der Waals surface area contributed by atoms with Crippen molar-refractivity contribution in [2.75, 3.05) is 5.73 Å². The van der Waals surface area contributed by atoms with Crippen molar-refractivity contribution in [3.05, 3.63) is 16.1 Å². The molecule has 0 fully saturated rings. The number of fused-ring (bicyclic) bond motifs is 1. The lowest BCUT2D eigenvalue weighted by atomic mass is 10.4. The van der Waals surface area contributed by atoms with Crippen LogP contribution in [0.2, 0.25) is 0 Å². The molecule has 2 N–H and O–H groups in total. The second kappa shape index (κ2) is 3.75. The molecule has 2 heterocycles. The Morgan fingerprint density at radius 3 is 2.69 bits per heavy atom. The molecule has 0 spiro atoms. The van der Waals surface area contributed by atoms with Gasteiger partial charge < -0.3 is 10.3 Å². The van der Waals surface area contributed by atoms with Crippen LogP contribution in [-0.2, 0) is 6.54 Å². The first-order valence-electron chi connectivity index (χ1n) is 4.20. The second-order valence-electron chi connectivity index (χ2n) is 3.18. The molecule has 2 rings (SSSR count). The first kappa shape index (κ1) is 11.4. The quantitative estimate of drug-likeness (QED) is 0.809. The first-order chi connectivity index (χ1) is 7.38. The number of hydrogen-bond acceptors (Lipinski definition) is 3. The van der Waals surface area contributed by atoms with E-state index in [1.807, 2.05) is 22.6 Å². The van der Waals surface area contributed by atoms with Gasteiger partial charge in [-0.2, -0.15) is 13.2 Å². The number of hydrogen-bond donors (Lipinski definition) is 1. The minimum atomic E-state index is -4.28. The van der Waals surface area contributed by atoms with Crippen molar-refractivity contribution in [1.29, 1.82) is 0 Å². The van der Waals surface area contributed by atoms with E-state index in [4.69, 9.17) is 5.73 Å². The van der Waals surface area contributed by atoms with Gasteiger partial charge in [0.05, 0.1) is 5.39 Å². The lowest BCUT2D eigenvalue weighted by molar-refractivity contribution is -0.139. The fraction of sp³-hybridized carbons (Fsp3) is 0.250. The molecule has 0 atom stereocenters. The summed E-state index contributed by atoms with van der Waals surface area (Å²) in [5.74, 6) is 0.190. The third-order valence-electron chi connectivity index (χ3n) is 1.99. The molecule has 8 heteroatoms. The van der Waals surface area contributed by atoms with Gasteiger partial charge in [-0.05, 0) is 22.6 Å². The third kappa shape index (κ3) is 2.06. The highest BCUT2D eigenvalue weighted by molar-refractivity contribution is 14.1. The largest absolute Gasteiger partial charge is 0.406 e. The van der Waals surface area contributed by atoms with Gasteiger partial charge in [0.15, 0.2) is 0 Å². The average Bonchev–Trinajstić information content (AvgIpc) is 2.42. The van der Waals surface area contributed by atoms with E-state index in [0.717, 1.165) is 10.9 Å². The van der Waals surface area contributed by atoms with Crippen LogP contribution in [-0.4, -0.2) is 20.7 Å². The zero-order valence-electron chi connectivity index (χ0n) is 7.79. The van der Waals surface area contributed by atoms with Gasteiger partial charge in [-0.25, -0.2) is 9.97 Å². The summed E-state index contributed by atoms with van der Waals surface area (Å²) in [4.78, 5) is 7.56. The van der Waals surface area contributed by atoms with Crippen molar-refractivity contribution in [2.45, 2.75) is 12.7 Å². The van der Waals surface area contributed by atoms with Gasteiger partial charge in [0.2, 0.25) is 0 Å². The molecule has 0 unspecified atom stereocenters. The summed E-state index contributed by atoms with van der Waals surface area (Å²) < 4.78 is 38.5. The van der Waals surface area contributed by atoms with Crippen LogP contribution >= 0.6 is 22.6 Å². The number of nitrogens with zero attached hydrogens (tertiary/aromatic N) is 3. The molecule has 0 aliphatic carbocycles. The normalized spacial score (nSPS) is 12.2. The zero-order chi connectivity index (χ0) is 11.9. The number of halogens is 4. The summed E-state index contributed by atoms with van der Waals surface area (Å²) >= 11 is 1.91. The number of nitrogen functional groups attached to an aromatic ring is 1. The Bertz CT molecular complexity index is 534. The predicted molar refractivity (Wildman–Crippen MR) is 60.7 cm³/mol. The number of nitrogens with two attached hydrogens (primary N) is 1. The maximum atomic E-state index is 12.3. The molecule has 2 aromatic rings. The fourth-order valence-electron chi connectivity index (χ4n) is 1.41. The van der Waals surface area contributed by atoms with Gasteiger partial charge in [0, 0.05) is 9.77 Å². The zero-order valence-corrected chi connectivity index (χ0v) is 9.95. The Hall–Kier alpha value is -1.06. The van der Waals surface area contributed by atoms with Crippen LogP contribution in [0.5, 0.6) is 0 Å². The summed E-state index contributed by atoms with van der Waals surface area (Å²) in [7, 11) is 0. The van der Waals surface area contributed by atoms with Crippen LogP contribution in [0.1, 0.15) is 0 Å². The Balaban J connectivity index is 2.60. The van der Waals surface area contributed by atoms with E-state index >= 15 is 0 Å². The highest BCUT2D eigenvalue weighted by Crippen LogP contribution is 2.27. The monoisotopic (exact) mass is 342 g/mol. The topological polar surface area (TPSA) is 56.7 Å². The summed E-state index contributed by atoms with van der Waals surface area (Å²) in [6, 6.07) is 0. The van der Waals surface area contributed by atoms with Gasteiger partial charge in [-0.15, -0.1) is 0 Å². The third-order valence-corrected chi connectivity index (χ3v) is 2.80. The Morgan fingerprint density at radius 2 is 2.06 bits per heavy atom. The molecular formula is C8H6F3IN4. The fourth-order valence-corrected chi connectivity index (χ4v) is 2.27. The summed E-state index contributed by atoms with van der Waals surface area (Å²) in [5.41, 5.74) is 5.79. The SMILES string of the molecule is Nc1ncnc2c1c(I)cn2CC(F)(F)F. The van der Waals surface area contributed by atoms with Gasteiger partial charge in [-0.1, -0.05) is 0 Å². The smallest absolute Gasteiger partial charge is 0.383 e. The Labute approximate surface area is 102 Å². The van der Waals surface area contributed by atoms with Crippen molar-refractivity contribution < 1.29 is 13.2 Å². The van der Waals surface area contributed by atoms with E-state index in [1.165, 1.54) is 6.20 Å². The highest BCUT2D eigenvalue weighted by Gasteiger charge is 2.29. The molecular weight excluding hydrogens is 336 g/mol. The van der Waals surface area contributed by atoms with E-state index in [9.17, 15) is 13.2 Å². The number of aromatic nitrogens is 3. The Kier molecular flexibility index (Phi) is 2.68. The van der Waals surface area contributed by atoms with Crippen molar-refractivity contribution in [3.63, 3.8) is 0 Å². The van der Waals surface area contributed by atoms with Gasteiger partial charge in [0.25, 0.3) is 0 Å². The van der Waals surface area contributed by atoms with E-state index < -0.39 is 12.7 Å². The standard InChI is InChI=1S/C8H6F3IN4/c9-8(10,11)2-16-1-4(12)5-6(13)14-3-15-7(5)16/h1,3H,2H2,(H2,13,14,15). The van der Waals surface area contributed by atoms with E-state index in [0.29, 0.717) is 8.96 Å². The number of alkyl halides is 3. The summed E-state index contributed by atoms with van der Waals surface area (Å²) in [5, 5.41) is 0.465. The molecule has 0 radical (unpaired) electrons. The minimum Gasteiger partial charge on any atom is -0.383 e. The Morgan fingerprint density at radius 1 is 1.38 bits per heavy atom. The molecule has 0 saturated carbocycles. The van der Waals surface area contributed by atoms with Crippen LogP contribution in [0.4, 0.5) is 19.0 Å². The van der Waals surface area contributed by atoms with Crippen LogP contribution in [0.15, 0.2) is 12.5 Å². The maximum absolute atomic E-state index is 12.3. The van der Waals surface area contributed by atoms with Crippen LogP contribution in [0.25, 0.3) is 11.0 Å². The van der Waals surface area contributed by atoms with Crippen LogP contribution < -0.4 is 5.73 Å². The van der Waals surface area contributed by atoms with Crippen molar-refractivity contribution in [2.24, 2.45) is 0 Å². The molecule has 86 valence electrons. The van der Waals surface area contributed by atoms with E-state index in [1.54, 1.807) is 0 Å².